The Bertz CT molecular complexity index is 1130. The van der Waals surface area contributed by atoms with Gasteiger partial charge in [-0.2, -0.15) is 0 Å². The number of fused-ring (bicyclic) bond motifs is 2. The van der Waals surface area contributed by atoms with Crippen LogP contribution in [-0.4, -0.2) is 10.9 Å². The van der Waals surface area contributed by atoms with Crippen molar-refractivity contribution in [3.8, 4) is 0 Å². The molecule has 5 heteroatoms. The molecule has 0 saturated carbocycles. The van der Waals surface area contributed by atoms with Crippen molar-refractivity contribution >= 4 is 33.5 Å². The van der Waals surface area contributed by atoms with Gasteiger partial charge in [0.25, 0.3) is 5.91 Å². The second kappa shape index (κ2) is 5.62. The van der Waals surface area contributed by atoms with Crippen LogP contribution >= 0.6 is 0 Å². The van der Waals surface area contributed by atoms with Crippen molar-refractivity contribution in [1.82, 2.24) is 4.98 Å². The number of carbonyl (C=O) groups excluding carboxylic acids is 1. The van der Waals surface area contributed by atoms with E-state index in [0.29, 0.717) is 16.7 Å². The van der Waals surface area contributed by atoms with Crippen LogP contribution in [0, 0.1) is 0 Å². The highest BCUT2D eigenvalue weighted by molar-refractivity contribution is 6.03. The van der Waals surface area contributed by atoms with Gasteiger partial charge in [-0.05, 0) is 24.3 Å². The van der Waals surface area contributed by atoms with Gasteiger partial charge in [-0.3, -0.25) is 14.6 Å². The van der Waals surface area contributed by atoms with Gasteiger partial charge in [0.15, 0.2) is 11.2 Å². The number of hydrogen-bond donors (Lipinski definition) is 1. The third kappa shape index (κ3) is 2.52. The molecular weight excluding hydrogens is 304 g/mol. The van der Waals surface area contributed by atoms with Crippen LogP contribution in [0.25, 0.3) is 21.9 Å². The lowest BCUT2D eigenvalue weighted by Crippen LogP contribution is -2.15. The molecule has 1 amide bonds. The number of anilines is 1. The summed E-state index contributed by atoms with van der Waals surface area (Å²) in [6, 6.07) is 17.4. The van der Waals surface area contributed by atoms with Crippen LogP contribution in [0.15, 0.2) is 76.1 Å². The zero-order valence-electron chi connectivity index (χ0n) is 12.5. The second-order valence-electron chi connectivity index (χ2n) is 5.34. The molecule has 0 unspecified atom stereocenters. The van der Waals surface area contributed by atoms with Gasteiger partial charge < -0.3 is 9.73 Å². The average molecular weight is 316 g/mol. The van der Waals surface area contributed by atoms with E-state index in [1.54, 1.807) is 30.5 Å². The van der Waals surface area contributed by atoms with E-state index >= 15 is 0 Å². The lowest BCUT2D eigenvalue weighted by Gasteiger charge is -2.06. The average Bonchev–Trinajstić information content (AvgIpc) is 2.61. The number of hydrogen-bond acceptors (Lipinski definition) is 4. The highest BCUT2D eigenvalue weighted by atomic mass is 16.3. The normalized spacial score (nSPS) is 10.8. The minimum Gasteiger partial charge on any atom is -0.451 e. The number of nitrogens with one attached hydrogen (secondary N) is 1. The fraction of sp³-hybridized carbons (Fsp3) is 0. The van der Waals surface area contributed by atoms with E-state index in [4.69, 9.17) is 4.42 Å². The molecule has 0 spiro atoms. The van der Waals surface area contributed by atoms with E-state index in [1.807, 2.05) is 30.3 Å². The minimum absolute atomic E-state index is 0.0353. The molecule has 0 aliphatic rings. The Morgan fingerprint density at radius 3 is 2.71 bits per heavy atom. The predicted octanol–water partition coefficient (Wildman–Crippen LogP) is 3.59. The van der Waals surface area contributed by atoms with Gasteiger partial charge in [0, 0.05) is 11.5 Å². The lowest BCUT2D eigenvalue weighted by atomic mass is 10.2. The first-order chi connectivity index (χ1) is 11.7. The zero-order valence-corrected chi connectivity index (χ0v) is 12.5. The summed E-state index contributed by atoms with van der Waals surface area (Å²) in [5, 5.41) is 4.07. The Kier molecular flexibility index (Phi) is 3.31. The van der Waals surface area contributed by atoms with Gasteiger partial charge in [0.1, 0.15) is 5.58 Å². The van der Waals surface area contributed by atoms with Gasteiger partial charge in [0.05, 0.1) is 22.8 Å². The summed E-state index contributed by atoms with van der Waals surface area (Å²) in [6.07, 6.45) is 1.57. The van der Waals surface area contributed by atoms with Crippen molar-refractivity contribution in [3.63, 3.8) is 0 Å². The molecular formula is C19H12N2O3. The van der Waals surface area contributed by atoms with Crippen LogP contribution in [0.5, 0.6) is 0 Å². The molecule has 1 N–H and O–H groups in total. The summed E-state index contributed by atoms with van der Waals surface area (Å²) >= 11 is 0. The summed E-state index contributed by atoms with van der Waals surface area (Å²) in [7, 11) is 0. The first-order valence-electron chi connectivity index (χ1n) is 7.40. The molecule has 5 nitrogen and oxygen atoms in total. The summed E-state index contributed by atoms with van der Waals surface area (Å²) < 4.78 is 5.53. The molecule has 0 aliphatic carbocycles. The standard InChI is InChI=1S/C19H12N2O3/c22-16-10-18(24-17-8-4-2-6-14(16)17)19(23)21-13-9-12-5-1-3-7-15(12)20-11-13/h1-11H,(H,21,23). The molecule has 0 bridgehead atoms. The summed E-state index contributed by atoms with van der Waals surface area (Å²) in [4.78, 5) is 28.7. The smallest absolute Gasteiger partial charge is 0.291 e. The molecule has 2 aromatic heterocycles. The number of nitrogens with zero attached hydrogens (tertiary/aromatic N) is 1. The molecule has 24 heavy (non-hydrogen) atoms. The molecule has 4 aromatic rings. The fourth-order valence-corrected chi connectivity index (χ4v) is 2.55. The molecule has 4 rings (SSSR count). The Hall–Kier alpha value is -3.47. The number of benzene rings is 2. The summed E-state index contributed by atoms with van der Waals surface area (Å²) in [5.41, 5.74) is 1.51. The zero-order chi connectivity index (χ0) is 16.5. The minimum atomic E-state index is -0.491. The topological polar surface area (TPSA) is 72.2 Å². The van der Waals surface area contributed by atoms with Crippen molar-refractivity contribution in [2.75, 3.05) is 5.32 Å². The van der Waals surface area contributed by atoms with Crippen molar-refractivity contribution in [3.05, 3.63) is 82.8 Å². The Morgan fingerprint density at radius 1 is 1.00 bits per heavy atom. The Labute approximate surface area is 136 Å². The van der Waals surface area contributed by atoms with Crippen LogP contribution < -0.4 is 10.7 Å². The van der Waals surface area contributed by atoms with Crippen LogP contribution in [0.3, 0.4) is 0 Å². The molecule has 2 heterocycles. The molecule has 116 valence electrons. The summed E-state index contributed by atoms with van der Waals surface area (Å²) in [5.74, 6) is -0.526. The van der Waals surface area contributed by atoms with E-state index in [2.05, 4.69) is 10.3 Å². The molecule has 0 aliphatic heterocycles. The van der Waals surface area contributed by atoms with Crippen LogP contribution in [0.2, 0.25) is 0 Å². The van der Waals surface area contributed by atoms with Crippen molar-refractivity contribution in [1.29, 1.82) is 0 Å². The predicted molar refractivity (Wildman–Crippen MR) is 92.2 cm³/mol. The first kappa shape index (κ1) is 14.1. The van der Waals surface area contributed by atoms with E-state index < -0.39 is 5.91 Å². The molecule has 0 atom stereocenters. The van der Waals surface area contributed by atoms with Crippen molar-refractivity contribution < 1.29 is 9.21 Å². The second-order valence-corrected chi connectivity index (χ2v) is 5.34. The monoisotopic (exact) mass is 316 g/mol. The molecule has 0 fully saturated rings. The SMILES string of the molecule is O=C(Nc1cnc2ccccc2c1)c1cc(=O)c2ccccc2o1. The quantitative estimate of drug-likeness (QED) is 0.613. The maximum absolute atomic E-state index is 12.4. The third-order valence-electron chi connectivity index (χ3n) is 3.71. The van der Waals surface area contributed by atoms with Gasteiger partial charge in [-0.25, -0.2) is 0 Å². The molecule has 2 aromatic carbocycles. The number of rotatable bonds is 2. The number of pyridine rings is 1. The van der Waals surface area contributed by atoms with Gasteiger partial charge in [-0.1, -0.05) is 30.3 Å². The maximum atomic E-state index is 12.4. The first-order valence-corrected chi connectivity index (χ1v) is 7.40. The maximum Gasteiger partial charge on any atom is 0.291 e. The Morgan fingerprint density at radius 2 is 1.79 bits per heavy atom. The van der Waals surface area contributed by atoms with Crippen LogP contribution in [-0.2, 0) is 0 Å². The van der Waals surface area contributed by atoms with Gasteiger partial charge >= 0.3 is 0 Å². The number of para-hydroxylation sites is 2. The number of carbonyl (C=O) groups is 1. The fourth-order valence-electron chi connectivity index (χ4n) is 2.55. The van der Waals surface area contributed by atoms with E-state index in [9.17, 15) is 9.59 Å². The number of aromatic nitrogens is 1. The van der Waals surface area contributed by atoms with E-state index in [1.165, 1.54) is 6.07 Å². The number of amides is 1. The molecule has 0 saturated heterocycles. The van der Waals surface area contributed by atoms with E-state index in [-0.39, 0.29) is 11.2 Å². The highest BCUT2D eigenvalue weighted by Crippen LogP contribution is 2.17. The van der Waals surface area contributed by atoms with Crippen molar-refractivity contribution in [2.45, 2.75) is 0 Å². The summed E-state index contributed by atoms with van der Waals surface area (Å²) in [6.45, 7) is 0. The molecule has 0 radical (unpaired) electrons. The van der Waals surface area contributed by atoms with Crippen LogP contribution in [0.1, 0.15) is 10.6 Å². The Balaban J connectivity index is 1.69. The van der Waals surface area contributed by atoms with E-state index in [0.717, 1.165) is 10.9 Å². The van der Waals surface area contributed by atoms with Crippen LogP contribution in [0.4, 0.5) is 5.69 Å². The highest BCUT2D eigenvalue weighted by Gasteiger charge is 2.12. The third-order valence-corrected chi connectivity index (χ3v) is 3.71. The van der Waals surface area contributed by atoms with Gasteiger partial charge in [0.2, 0.25) is 0 Å². The van der Waals surface area contributed by atoms with Crippen molar-refractivity contribution in [2.24, 2.45) is 0 Å². The van der Waals surface area contributed by atoms with Gasteiger partial charge in [-0.15, -0.1) is 0 Å². The largest absolute Gasteiger partial charge is 0.451 e. The lowest BCUT2D eigenvalue weighted by molar-refractivity contribution is 0.0997.